The summed E-state index contributed by atoms with van der Waals surface area (Å²) in [5, 5.41) is 7.07. The first-order valence-electron chi connectivity index (χ1n) is 23.7. The van der Waals surface area contributed by atoms with Crippen LogP contribution in [-0.2, 0) is 0 Å². The molecule has 1 aliphatic carbocycles. The summed E-state index contributed by atoms with van der Waals surface area (Å²) in [5.74, 6) is 0. The number of hydrogen-bond acceptors (Lipinski definition) is 6. The molecule has 1 unspecified atom stereocenters. The molecule has 0 bridgehead atoms. The predicted octanol–water partition coefficient (Wildman–Crippen LogP) is 16.4. The van der Waals surface area contributed by atoms with E-state index in [1.807, 2.05) is 6.07 Å². The zero-order valence-corrected chi connectivity index (χ0v) is 39.7. The second-order valence-electron chi connectivity index (χ2n) is 17.8. The van der Waals surface area contributed by atoms with Crippen LogP contribution < -0.4 is 20.2 Å². The standard InChI is InChI=1S/C64H44N4S2/c1-3-11-51-41-57(39-25-43(51)9-1)67(55-35-27-49(28-36-55)63-65-59-13-5-7-15-61(59)69-63)53-31-21-47(22-32-53)45-17-19-46(20-18-45)48-23-33-54(34-24-48)68(58-40-26-44-10-2-4-12-52(44)42-58)56-37-29-50(30-38-56)64-66-60-14-6-8-16-62(60)70-64/h1-39,41-42,58H,40H2. The van der Waals surface area contributed by atoms with E-state index in [-0.39, 0.29) is 6.04 Å². The lowest BCUT2D eigenvalue weighted by Gasteiger charge is -2.33. The van der Waals surface area contributed by atoms with Gasteiger partial charge in [0.25, 0.3) is 0 Å². The molecule has 0 amide bonds. The minimum absolute atomic E-state index is 0.162. The first-order valence-corrected chi connectivity index (χ1v) is 25.4. The Morgan fingerprint density at radius 3 is 1.30 bits per heavy atom. The van der Waals surface area contributed by atoms with Gasteiger partial charge < -0.3 is 9.80 Å². The Morgan fingerprint density at radius 2 is 0.771 bits per heavy atom. The molecule has 0 saturated heterocycles. The van der Waals surface area contributed by atoms with E-state index < -0.39 is 0 Å². The van der Waals surface area contributed by atoms with Gasteiger partial charge in [-0.05, 0) is 159 Å². The van der Waals surface area contributed by atoms with Crippen LogP contribution in [0.3, 0.4) is 0 Å². The lowest BCUT2D eigenvalue weighted by atomic mass is 9.98. The summed E-state index contributed by atoms with van der Waals surface area (Å²) in [4.78, 5) is 14.7. The highest BCUT2D eigenvalue weighted by atomic mass is 32.1. The Balaban J connectivity index is 0.773. The van der Waals surface area contributed by atoms with Crippen molar-refractivity contribution in [1.29, 1.82) is 0 Å². The van der Waals surface area contributed by atoms with Gasteiger partial charge >= 0.3 is 0 Å². The van der Waals surface area contributed by atoms with Gasteiger partial charge in [0.15, 0.2) is 0 Å². The molecule has 4 nitrogen and oxygen atoms in total. The fourth-order valence-corrected chi connectivity index (χ4v) is 11.8. The average Bonchev–Trinajstić information content (AvgIpc) is 4.08. The van der Waals surface area contributed by atoms with Crippen LogP contribution in [0.25, 0.3) is 86.8 Å². The van der Waals surface area contributed by atoms with Crippen LogP contribution in [0.4, 0.5) is 28.4 Å². The lowest BCUT2D eigenvalue weighted by molar-refractivity contribution is 0.837. The van der Waals surface area contributed by atoms with Crippen LogP contribution in [-0.4, -0.2) is 16.0 Å². The molecular weight excluding hydrogens is 889 g/mol. The number of thiazole rings is 2. The molecule has 2 aromatic heterocycles. The Kier molecular flexibility index (Phi) is 10.7. The first-order chi connectivity index (χ1) is 34.6. The predicted molar refractivity (Wildman–Crippen MR) is 298 cm³/mol. The second-order valence-corrected chi connectivity index (χ2v) is 19.8. The third kappa shape index (κ3) is 8.03. The van der Waals surface area contributed by atoms with Gasteiger partial charge in [0.05, 0.1) is 26.5 Å². The van der Waals surface area contributed by atoms with E-state index in [1.54, 1.807) is 22.7 Å². The maximum absolute atomic E-state index is 4.93. The number of benzene rings is 10. The molecule has 332 valence electrons. The SMILES string of the molecule is C1=c2ccccc2=CC(N(c2ccc(-c3ccc(-c4ccc(N(c5ccc(-c6nc7ccccc7s6)cc5)c5ccc6ccccc6c5)cc4)cc3)cc2)c2ccc(-c3nc4ccccc4s3)cc2)C1. The zero-order valence-electron chi connectivity index (χ0n) is 38.1. The third-order valence-corrected chi connectivity index (χ3v) is 15.6. The van der Waals surface area contributed by atoms with Crippen molar-refractivity contribution in [1.82, 2.24) is 9.97 Å². The maximum Gasteiger partial charge on any atom is 0.124 e. The zero-order chi connectivity index (χ0) is 46.4. The molecule has 10 aromatic carbocycles. The number of nitrogens with zero attached hydrogens (tertiary/aromatic N) is 4. The third-order valence-electron chi connectivity index (χ3n) is 13.4. The van der Waals surface area contributed by atoms with E-state index in [0.717, 1.165) is 67.0 Å². The number of anilines is 5. The van der Waals surface area contributed by atoms with Crippen LogP contribution in [0, 0.1) is 0 Å². The molecule has 6 heteroatoms. The van der Waals surface area contributed by atoms with Crippen LogP contribution in [0.5, 0.6) is 0 Å². The van der Waals surface area contributed by atoms with Crippen molar-refractivity contribution in [3.05, 3.63) is 247 Å². The van der Waals surface area contributed by atoms with Crippen LogP contribution >= 0.6 is 22.7 Å². The number of rotatable bonds is 10. The summed E-state index contributed by atoms with van der Waals surface area (Å²) >= 11 is 3.47. The van der Waals surface area contributed by atoms with Crippen molar-refractivity contribution in [2.75, 3.05) is 9.80 Å². The van der Waals surface area contributed by atoms with Crippen molar-refractivity contribution in [2.45, 2.75) is 12.5 Å². The number of fused-ring (bicyclic) bond motifs is 4. The molecule has 0 radical (unpaired) electrons. The molecule has 70 heavy (non-hydrogen) atoms. The molecule has 1 atom stereocenters. The molecule has 2 heterocycles. The van der Waals surface area contributed by atoms with E-state index >= 15 is 0 Å². The van der Waals surface area contributed by atoms with Crippen LogP contribution in [0.1, 0.15) is 6.42 Å². The fraction of sp³-hybridized carbons (Fsp3) is 0.0312. The highest BCUT2D eigenvalue weighted by Gasteiger charge is 2.21. The Bertz CT molecular complexity index is 3900. The molecule has 0 spiro atoms. The molecule has 0 saturated carbocycles. The lowest BCUT2D eigenvalue weighted by Crippen LogP contribution is -2.37. The highest BCUT2D eigenvalue weighted by Crippen LogP contribution is 2.40. The summed E-state index contributed by atoms with van der Waals surface area (Å²) in [7, 11) is 0. The van der Waals surface area contributed by atoms with E-state index in [9.17, 15) is 0 Å². The topological polar surface area (TPSA) is 32.3 Å². The number of para-hydroxylation sites is 2. The van der Waals surface area contributed by atoms with Gasteiger partial charge in [-0.2, -0.15) is 0 Å². The van der Waals surface area contributed by atoms with Gasteiger partial charge in [-0.1, -0.05) is 140 Å². The molecule has 0 aliphatic heterocycles. The second kappa shape index (κ2) is 17.9. The van der Waals surface area contributed by atoms with Crippen molar-refractivity contribution in [3.63, 3.8) is 0 Å². The van der Waals surface area contributed by atoms with Gasteiger partial charge in [0, 0.05) is 39.6 Å². The fourth-order valence-electron chi connectivity index (χ4n) is 9.83. The first kappa shape index (κ1) is 41.7. The number of hydrogen-bond donors (Lipinski definition) is 0. The highest BCUT2D eigenvalue weighted by molar-refractivity contribution is 7.22. The molecule has 0 fully saturated rings. The summed E-state index contributed by atoms with van der Waals surface area (Å²) in [5.41, 5.74) is 14.6. The summed E-state index contributed by atoms with van der Waals surface area (Å²) < 4.78 is 2.41. The van der Waals surface area contributed by atoms with Gasteiger partial charge in [0.1, 0.15) is 10.0 Å². The number of aromatic nitrogens is 2. The van der Waals surface area contributed by atoms with E-state index in [1.165, 1.54) is 52.9 Å². The van der Waals surface area contributed by atoms with E-state index in [0.29, 0.717) is 0 Å². The molecular formula is C64H44N4S2. The molecule has 13 rings (SSSR count). The van der Waals surface area contributed by atoms with Crippen LogP contribution in [0.15, 0.2) is 237 Å². The minimum atomic E-state index is 0.162. The van der Waals surface area contributed by atoms with Crippen molar-refractivity contribution in [3.8, 4) is 43.4 Å². The van der Waals surface area contributed by atoms with Gasteiger partial charge in [-0.25, -0.2) is 9.97 Å². The normalized spacial score (nSPS) is 13.2. The van der Waals surface area contributed by atoms with E-state index in [2.05, 4.69) is 252 Å². The van der Waals surface area contributed by atoms with E-state index in [4.69, 9.17) is 9.97 Å². The Hall–Kier alpha value is -8.42. The monoisotopic (exact) mass is 932 g/mol. The van der Waals surface area contributed by atoms with Crippen molar-refractivity contribution >= 4 is 94.5 Å². The Morgan fingerprint density at radius 1 is 0.357 bits per heavy atom. The van der Waals surface area contributed by atoms with Crippen LogP contribution in [0.2, 0.25) is 0 Å². The molecule has 12 aromatic rings. The quantitative estimate of drug-likeness (QED) is 0.137. The average molecular weight is 933 g/mol. The van der Waals surface area contributed by atoms with Gasteiger partial charge in [-0.3, -0.25) is 0 Å². The summed E-state index contributed by atoms with van der Waals surface area (Å²) in [6.45, 7) is 0. The smallest absolute Gasteiger partial charge is 0.124 e. The molecule has 1 aliphatic rings. The minimum Gasteiger partial charge on any atom is -0.334 e. The van der Waals surface area contributed by atoms with Gasteiger partial charge in [0.2, 0.25) is 0 Å². The van der Waals surface area contributed by atoms with Gasteiger partial charge in [-0.15, -0.1) is 22.7 Å². The summed E-state index contributed by atoms with van der Waals surface area (Å²) in [6, 6.07) is 85.5. The molecule has 0 N–H and O–H groups in total. The largest absolute Gasteiger partial charge is 0.334 e. The van der Waals surface area contributed by atoms with Crippen molar-refractivity contribution < 1.29 is 0 Å². The Labute approximate surface area is 414 Å². The maximum atomic E-state index is 4.93. The summed E-state index contributed by atoms with van der Waals surface area (Å²) in [6.07, 6.45) is 5.71. The van der Waals surface area contributed by atoms with Crippen molar-refractivity contribution in [2.24, 2.45) is 0 Å².